The molecule has 9 heteroatoms. The number of rotatable bonds is 6. The summed E-state index contributed by atoms with van der Waals surface area (Å²) in [5.41, 5.74) is 0.476. The molecule has 2 fully saturated rings. The molecular weight excluding hydrogens is 401 g/mol. The van der Waals surface area contributed by atoms with Gasteiger partial charge in [0.2, 0.25) is 11.9 Å². The van der Waals surface area contributed by atoms with Crippen molar-refractivity contribution in [1.29, 1.82) is 0 Å². The van der Waals surface area contributed by atoms with Gasteiger partial charge in [0.15, 0.2) is 5.16 Å². The normalized spacial score (nSPS) is 17.8. The van der Waals surface area contributed by atoms with Crippen LogP contribution < -0.4 is 10.2 Å². The van der Waals surface area contributed by atoms with Crippen LogP contribution in [0, 0.1) is 11.7 Å². The molecule has 1 aromatic carbocycles. The zero-order valence-electron chi connectivity index (χ0n) is 15.7. The summed E-state index contributed by atoms with van der Waals surface area (Å²) >= 11 is 7.14. The average molecular weight is 424 g/mol. The van der Waals surface area contributed by atoms with E-state index >= 15 is 0 Å². The topological polar surface area (TPSA) is 63.1 Å². The number of aromatic nitrogens is 3. The van der Waals surface area contributed by atoms with Crippen LogP contribution in [0.2, 0.25) is 5.02 Å². The zero-order chi connectivity index (χ0) is 19.7. The molecule has 1 saturated heterocycles. The van der Waals surface area contributed by atoms with Crippen LogP contribution in [0.4, 0.5) is 16.0 Å². The minimum Gasteiger partial charge on any atom is -0.341 e. The van der Waals surface area contributed by atoms with E-state index in [1.807, 2.05) is 0 Å². The Morgan fingerprint density at radius 2 is 2.04 bits per heavy atom. The van der Waals surface area contributed by atoms with Gasteiger partial charge in [0, 0.05) is 24.8 Å². The van der Waals surface area contributed by atoms with Crippen LogP contribution in [0.25, 0.3) is 0 Å². The molecule has 28 heavy (non-hydrogen) atoms. The molecule has 0 spiro atoms. The second-order valence-corrected chi connectivity index (χ2v) is 8.87. The average Bonchev–Trinajstić information content (AvgIpc) is 3.43. The van der Waals surface area contributed by atoms with Crippen LogP contribution in [-0.4, -0.2) is 39.5 Å². The Hall–Kier alpha value is -1.80. The lowest BCUT2D eigenvalue weighted by Gasteiger charge is -2.31. The molecule has 2 heterocycles. The molecule has 1 aliphatic carbocycles. The molecule has 4 rings (SSSR count). The second kappa shape index (κ2) is 8.29. The van der Waals surface area contributed by atoms with Gasteiger partial charge in [0.25, 0.3) is 0 Å². The molecule has 0 radical (unpaired) electrons. The molecule has 1 aromatic heterocycles. The Morgan fingerprint density at radius 3 is 2.71 bits per heavy atom. The Bertz CT molecular complexity index is 864. The number of amides is 1. The molecule has 0 atom stereocenters. The highest BCUT2D eigenvalue weighted by Crippen LogP contribution is 2.41. The molecule has 0 bridgehead atoms. The molecule has 0 unspecified atom stereocenters. The van der Waals surface area contributed by atoms with E-state index in [1.165, 1.54) is 42.8 Å². The van der Waals surface area contributed by atoms with Crippen molar-refractivity contribution in [3.63, 3.8) is 0 Å². The lowest BCUT2D eigenvalue weighted by Crippen LogP contribution is -2.34. The highest BCUT2D eigenvalue weighted by atomic mass is 35.5. The summed E-state index contributed by atoms with van der Waals surface area (Å²) in [5.74, 6) is 1.20. The molecule has 1 amide bonds. The van der Waals surface area contributed by atoms with Gasteiger partial charge in [0.05, 0.1) is 10.8 Å². The van der Waals surface area contributed by atoms with Crippen molar-refractivity contribution < 1.29 is 9.18 Å². The van der Waals surface area contributed by atoms with E-state index in [1.54, 1.807) is 0 Å². The quantitative estimate of drug-likeness (QED) is 0.699. The predicted molar refractivity (Wildman–Crippen MR) is 110 cm³/mol. The molecule has 1 saturated carbocycles. The zero-order valence-corrected chi connectivity index (χ0v) is 17.3. The minimum absolute atomic E-state index is 0.0144. The van der Waals surface area contributed by atoms with Gasteiger partial charge >= 0.3 is 0 Å². The standard InChI is InChI=1S/C19H23ClFN5OS/c1-12-6-8-25(9-7-12)18-23-24-19(26(18)14-3-4-14)28-11-17(27)22-13-2-5-16(21)15(20)10-13/h2,5,10,12,14H,3-4,6-9,11H2,1H3,(H,22,27). The number of benzene rings is 1. The number of thioether (sulfide) groups is 1. The number of carbonyl (C=O) groups is 1. The van der Waals surface area contributed by atoms with Crippen LogP contribution in [0.1, 0.15) is 38.6 Å². The van der Waals surface area contributed by atoms with Crippen LogP contribution in [0.15, 0.2) is 23.4 Å². The van der Waals surface area contributed by atoms with E-state index in [4.69, 9.17) is 11.6 Å². The third kappa shape index (κ3) is 4.43. The Morgan fingerprint density at radius 1 is 1.29 bits per heavy atom. The Labute approximate surface area is 172 Å². The maximum absolute atomic E-state index is 13.2. The van der Waals surface area contributed by atoms with Gasteiger partial charge in [0.1, 0.15) is 5.82 Å². The molecule has 150 valence electrons. The number of anilines is 2. The molecular formula is C19H23ClFN5OS. The van der Waals surface area contributed by atoms with Gasteiger partial charge in [-0.05, 0) is 49.8 Å². The van der Waals surface area contributed by atoms with Crippen LogP contribution in [0.3, 0.4) is 0 Å². The van der Waals surface area contributed by atoms with E-state index in [0.29, 0.717) is 11.7 Å². The maximum atomic E-state index is 13.2. The largest absolute Gasteiger partial charge is 0.341 e. The molecule has 1 aliphatic heterocycles. The van der Waals surface area contributed by atoms with Crippen molar-refractivity contribution in [3.8, 4) is 0 Å². The first-order valence-electron chi connectivity index (χ1n) is 9.59. The fourth-order valence-electron chi connectivity index (χ4n) is 3.35. The molecule has 2 aromatic rings. The summed E-state index contributed by atoms with van der Waals surface area (Å²) in [6, 6.07) is 4.57. The first-order chi connectivity index (χ1) is 13.5. The van der Waals surface area contributed by atoms with Crippen molar-refractivity contribution >= 4 is 40.9 Å². The summed E-state index contributed by atoms with van der Waals surface area (Å²) in [4.78, 5) is 14.6. The lowest BCUT2D eigenvalue weighted by molar-refractivity contribution is -0.113. The first kappa shape index (κ1) is 19.5. The van der Waals surface area contributed by atoms with E-state index in [0.717, 1.165) is 43.0 Å². The van der Waals surface area contributed by atoms with Crippen molar-refractivity contribution in [3.05, 3.63) is 29.0 Å². The van der Waals surface area contributed by atoms with Gasteiger partial charge in [-0.2, -0.15) is 0 Å². The number of halogens is 2. The van der Waals surface area contributed by atoms with E-state index in [-0.39, 0.29) is 16.7 Å². The van der Waals surface area contributed by atoms with Gasteiger partial charge in [-0.3, -0.25) is 9.36 Å². The third-order valence-electron chi connectivity index (χ3n) is 5.16. The highest BCUT2D eigenvalue weighted by Gasteiger charge is 2.32. The van der Waals surface area contributed by atoms with Gasteiger partial charge < -0.3 is 10.2 Å². The SMILES string of the molecule is CC1CCN(c2nnc(SCC(=O)Nc3ccc(F)c(Cl)c3)n2C2CC2)CC1. The number of nitrogens with one attached hydrogen (secondary N) is 1. The Kier molecular flexibility index (Phi) is 5.78. The van der Waals surface area contributed by atoms with Gasteiger partial charge in [-0.25, -0.2) is 4.39 Å². The van der Waals surface area contributed by atoms with Crippen LogP contribution in [0.5, 0.6) is 0 Å². The van der Waals surface area contributed by atoms with E-state index in [9.17, 15) is 9.18 Å². The van der Waals surface area contributed by atoms with Crippen LogP contribution >= 0.6 is 23.4 Å². The summed E-state index contributed by atoms with van der Waals surface area (Å²) in [6.07, 6.45) is 4.59. The van der Waals surface area contributed by atoms with Crippen molar-refractivity contribution in [2.24, 2.45) is 5.92 Å². The van der Waals surface area contributed by atoms with E-state index in [2.05, 4.69) is 31.9 Å². The number of hydrogen-bond donors (Lipinski definition) is 1. The summed E-state index contributed by atoms with van der Waals surface area (Å²) in [7, 11) is 0. The monoisotopic (exact) mass is 423 g/mol. The summed E-state index contributed by atoms with van der Waals surface area (Å²) in [6.45, 7) is 4.29. The van der Waals surface area contributed by atoms with Crippen molar-refractivity contribution in [1.82, 2.24) is 14.8 Å². The molecule has 1 N–H and O–H groups in total. The predicted octanol–water partition coefficient (Wildman–Crippen LogP) is 4.37. The number of carbonyl (C=O) groups excluding carboxylic acids is 1. The minimum atomic E-state index is -0.508. The molecule has 6 nitrogen and oxygen atoms in total. The van der Waals surface area contributed by atoms with Gasteiger partial charge in [-0.15, -0.1) is 10.2 Å². The molecule has 2 aliphatic rings. The highest BCUT2D eigenvalue weighted by molar-refractivity contribution is 7.99. The summed E-state index contributed by atoms with van der Waals surface area (Å²) in [5, 5.41) is 12.3. The fraction of sp³-hybridized carbons (Fsp3) is 0.526. The van der Waals surface area contributed by atoms with Crippen molar-refractivity contribution in [2.45, 2.75) is 43.8 Å². The second-order valence-electron chi connectivity index (χ2n) is 7.52. The smallest absolute Gasteiger partial charge is 0.234 e. The van der Waals surface area contributed by atoms with Gasteiger partial charge in [-0.1, -0.05) is 30.3 Å². The lowest BCUT2D eigenvalue weighted by atomic mass is 10.00. The number of hydrogen-bond acceptors (Lipinski definition) is 5. The van der Waals surface area contributed by atoms with Crippen molar-refractivity contribution in [2.75, 3.05) is 29.1 Å². The first-order valence-corrected chi connectivity index (χ1v) is 10.9. The number of piperidine rings is 1. The number of nitrogens with zero attached hydrogens (tertiary/aromatic N) is 4. The Balaban J connectivity index is 1.40. The van der Waals surface area contributed by atoms with Crippen LogP contribution in [-0.2, 0) is 4.79 Å². The maximum Gasteiger partial charge on any atom is 0.234 e. The summed E-state index contributed by atoms with van der Waals surface area (Å²) < 4.78 is 15.4. The van der Waals surface area contributed by atoms with E-state index < -0.39 is 5.82 Å². The third-order valence-corrected chi connectivity index (χ3v) is 6.39. The fourth-order valence-corrected chi connectivity index (χ4v) is 4.33.